The lowest BCUT2D eigenvalue weighted by molar-refractivity contribution is 0.389. The fourth-order valence-electron chi connectivity index (χ4n) is 8.78. The highest BCUT2D eigenvalue weighted by molar-refractivity contribution is 6.09. The quantitative estimate of drug-likeness (QED) is 0.147. The number of aryl methyl sites for hydroxylation is 1. The summed E-state index contributed by atoms with van der Waals surface area (Å²) in [5.41, 5.74) is 11.0. The van der Waals surface area contributed by atoms with Crippen LogP contribution in [0.15, 0.2) is 90.6 Å². The minimum absolute atomic E-state index is 0.00574. The molecule has 7 rings (SSSR count). The molecule has 0 unspecified atom stereocenters. The third-order valence-electron chi connectivity index (χ3n) is 11.5. The minimum atomic E-state index is -0.0925. The first-order valence-electron chi connectivity index (χ1n) is 20.1. The summed E-state index contributed by atoms with van der Waals surface area (Å²) in [4.78, 5) is 4.89. The molecule has 6 aromatic rings. The average molecular weight is 721 g/mol. The van der Waals surface area contributed by atoms with Gasteiger partial charge in [-0.15, -0.1) is 0 Å². The minimum Gasteiger partial charge on any atom is -0.457 e. The SMILES string of the molecule is CC1=C[C@H](C)C[C@H](C)[C@H]1c1c(C)nn(-c2cc(Oc3ccc4c5ccccc5n(-c5cc(C(C)(C)C)ccn5)c4c3)cc(C(C)(C)C)c2)c1CCC(C)C. The maximum Gasteiger partial charge on any atom is 0.137 e. The van der Waals surface area contributed by atoms with Crippen LogP contribution >= 0.6 is 0 Å². The number of benzene rings is 3. The topological polar surface area (TPSA) is 44.9 Å². The summed E-state index contributed by atoms with van der Waals surface area (Å²) in [6, 6.07) is 26.1. The zero-order chi connectivity index (χ0) is 38.7. The Bertz CT molecular complexity index is 2360. The number of nitrogens with zero attached hydrogens (tertiary/aromatic N) is 4. The molecule has 3 atom stereocenters. The van der Waals surface area contributed by atoms with Gasteiger partial charge in [0.25, 0.3) is 0 Å². The highest BCUT2D eigenvalue weighted by Gasteiger charge is 2.33. The van der Waals surface area contributed by atoms with Crippen LogP contribution < -0.4 is 4.74 Å². The standard InChI is InChI=1S/C49H60N4O/c1-30(2)17-20-43-47(46-32(4)23-31(3)24-33(46)5)34(6)51-53(43)37-25-36(49(10,11)12)26-39(28-37)54-38-18-19-41-40-15-13-14-16-42(40)52(44(41)29-38)45-27-35(21-22-50-45)48(7,8)9/h13-16,18-19,21-23,25-31,33,46H,17,20,24H2,1-12H3/t31-,33-,46-/m0/s1. The average Bonchev–Trinajstić information content (AvgIpc) is 3.60. The van der Waals surface area contributed by atoms with Crippen molar-refractivity contribution >= 4 is 21.8 Å². The van der Waals surface area contributed by atoms with Gasteiger partial charge in [0, 0.05) is 46.3 Å². The molecule has 3 heterocycles. The molecule has 0 spiro atoms. The van der Waals surface area contributed by atoms with E-state index in [4.69, 9.17) is 14.8 Å². The summed E-state index contributed by atoms with van der Waals surface area (Å²) in [7, 11) is 0. The van der Waals surface area contributed by atoms with Crippen LogP contribution in [0.1, 0.15) is 123 Å². The Morgan fingerprint density at radius 3 is 2.22 bits per heavy atom. The van der Waals surface area contributed by atoms with Crippen molar-refractivity contribution in [2.24, 2.45) is 17.8 Å². The van der Waals surface area contributed by atoms with Crippen molar-refractivity contribution in [1.82, 2.24) is 19.3 Å². The highest BCUT2D eigenvalue weighted by atomic mass is 16.5. The van der Waals surface area contributed by atoms with Crippen LogP contribution in [0.25, 0.3) is 33.3 Å². The van der Waals surface area contributed by atoms with Crippen LogP contribution in [0.5, 0.6) is 11.5 Å². The largest absolute Gasteiger partial charge is 0.457 e. The summed E-state index contributed by atoms with van der Waals surface area (Å²) in [6.07, 6.45) is 7.73. The van der Waals surface area contributed by atoms with Crippen molar-refractivity contribution in [2.75, 3.05) is 0 Å². The summed E-state index contributed by atoms with van der Waals surface area (Å²) < 4.78 is 11.4. The van der Waals surface area contributed by atoms with Gasteiger partial charge in [0.15, 0.2) is 0 Å². The van der Waals surface area contributed by atoms with E-state index in [-0.39, 0.29) is 10.8 Å². The number of allylic oxidation sites excluding steroid dienone is 2. The van der Waals surface area contributed by atoms with Crippen molar-refractivity contribution in [3.8, 4) is 23.0 Å². The number of aromatic nitrogens is 4. The Morgan fingerprint density at radius 2 is 1.52 bits per heavy atom. The molecule has 0 aliphatic heterocycles. The van der Waals surface area contributed by atoms with Gasteiger partial charge in [-0.2, -0.15) is 5.10 Å². The molecule has 3 aromatic carbocycles. The number of hydrogen-bond acceptors (Lipinski definition) is 3. The van der Waals surface area contributed by atoms with Crippen molar-refractivity contribution < 1.29 is 4.74 Å². The smallest absolute Gasteiger partial charge is 0.137 e. The normalized spacial score (nSPS) is 18.2. The van der Waals surface area contributed by atoms with Crippen molar-refractivity contribution in [3.63, 3.8) is 0 Å². The van der Waals surface area contributed by atoms with Crippen molar-refractivity contribution in [1.29, 1.82) is 0 Å². The number of rotatable bonds is 8. The maximum absolute atomic E-state index is 6.90. The number of hydrogen-bond donors (Lipinski definition) is 0. The van der Waals surface area contributed by atoms with Crippen molar-refractivity contribution in [2.45, 2.75) is 119 Å². The Morgan fingerprint density at radius 1 is 0.796 bits per heavy atom. The summed E-state index contributed by atoms with van der Waals surface area (Å²) in [6.45, 7) is 27.5. The van der Waals surface area contributed by atoms with Gasteiger partial charge in [-0.1, -0.05) is 99.1 Å². The van der Waals surface area contributed by atoms with Gasteiger partial charge in [-0.25, -0.2) is 9.67 Å². The molecule has 0 saturated carbocycles. The Labute approximate surface area is 323 Å². The van der Waals surface area contributed by atoms with Crippen LogP contribution in [0, 0.1) is 24.7 Å². The molecule has 54 heavy (non-hydrogen) atoms. The van der Waals surface area contributed by atoms with Crippen LogP contribution in [-0.2, 0) is 17.3 Å². The van der Waals surface area contributed by atoms with E-state index in [0.717, 1.165) is 52.6 Å². The first-order valence-corrected chi connectivity index (χ1v) is 20.1. The lowest BCUT2D eigenvalue weighted by Gasteiger charge is -2.33. The molecule has 5 nitrogen and oxygen atoms in total. The summed E-state index contributed by atoms with van der Waals surface area (Å²) in [5, 5.41) is 7.73. The van der Waals surface area contributed by atoms with E-state index in [0.29, 0.717) is 23.7 Å². The second-order valence-corrected chi connectivity index (χ2v) is 18.6. The van der Waals surface area contributed by atoms with E-state index in [1.54, 1.807) is 0 Å². The monoisotopic (exact) mass is 720 g/mol. The Balaban J connectivity index is 1.36. The Hall–Kier alpha value is -4.64. The van der Waals surface area contributed by atoms with Gasteiger partial charge in [0.1, 0.15) is 17.3 Å². The Kier molecular flexibility index (Phi) is 9.91. The van der Waals surface area contributed by atoms with E-state index >= 15 is 0 Å². The number of para-hydroxylation sites is 1. The summed E-state index contributed by atoms with van der Waals surface area (Å²) in [5.74, 6) is 4.67. The predicted molar refractivity (Wildman–Crippen MR) is 227 cm³/mol. The van der Waals surface area contributed by atoms with Crippen LogP contribution in [0.3, 0.4) is 0 Å². The predicted octanol–water partition coefficient (Wildman–Crippen LogP) is 13.4. The van der Waals surface area contributed by atoms with Gasteiger partial charge in [-0.05, 0) is 115 Å². The molecule has 1 aliphatic carbocycles. The van der Waals surface area contributed by atoms with Gasteiger partial charge in [0.2, 0.25) is 0 Å². The second kappa shape index (κ2) is 14.2. The maximum atomic E-state index is 6.90. The zero-order valence-electron chi connectivity index (χ0n) is 34.7. The van der Waals surface area contributed by atoms with Crippen LogP contribution in [0.2, 0.25) is 0 Å². The van der Waals surface area contributed by atoms with Gasteiger partial charge in [0.05, 0.1) is 22.4 Å². The molecule has 0 fully saturated rings. The van der Waals surface area contributed by atoms with Gasteiger partial charge < -0.3 is 4.74 Å². The zero-order valence-corrected chi connectivity index (χ0v) is 34.7. The van der Waals surface area contributed by atoms with E-state index < -0.39 is 0 Å². The highest BCUT2D eigenvalue weighted by Crippen LogP contribution is 2.44. The molecule has 0 bridgehead atoms. The van der Waals surface area contributed by atoms with E-state index in [1.165, 1.54) is 45.2 Å². The van der Waals surface area contributed by atoms with Gasteiger partial charge >= 0.3 is 0 Å². The molecular weight excluding hydrogens is 661 g/mol. The number of fused-ring (bicyclic) bond motifs is 3. The molecule has 0 saturated heterocycles. The van der Waals surface area contributed by atoms with Gasteiger partial charge in [-0.3, -0.25) is 4.57 Å². The number of pyridine rings is 1. The fraction of sp³-hybridized carbons (Fsp3) is 0.429. The fourth-order valence-corrected chi connectivity index (χ4v) is 8.78. The molecule has 0 amide bonds. The number of ether oxygens (including phenoxy) is 1. The van der Waals surface area contributed by atoms with Crippen molar-refractivity contribution in [3.05, 3.63) is 119 Å². The first-order chi connectivity index (χ1) is 25.5. The lowest BCUT2D eigenvalue weighted by Crippen LogP contribution is -2.21. The molecule has 3 aromatic heterocycles. The third kappa shape index (κ3) is 7.27. The first kappa shape index (κ1) is 37.7. The molecule has 0 radical (unpaired) electrons. The van der Waals surface area contributed by atoms with Crippen LogP contribution in [-0.4, -0.2) is 19.3 Å². The second-order valence-electron chi connectivity index (χ2n) is 18.6. The molecule has 0 N–H and O–H groups in total. The molecule has 282 valence electrons. The van der Waals surface area contributed by atoms with E-state index in [9.17, 15) is 0 Å². The van der Waals surface area contributed by atoms with Crippen LogP contribution in [0.4, 0.5) is 0 Å². The summed E-state index contributed by atoms with van der Waals surface area (Å²) >= 11 is 0. The van der Waals surface area contributed by atoms with E-state index in [2.05, 4.69) is 171 Å². The lowest BCUT2D eigenvalue weighted by atomic mass is 9.72. The molecular formula is C49H60N4O. The molecule has 1 aliphatic rings. The third-order valence-corrected chi connectivity index (χ3v) is 11.5. The molecule has 5 heteroatoms. The van der Waals surface area contributed by atoms with E-state index in [1.807, 2.05) is 6.20 Å².